The summed E-state index contributed by atoms with van der Waals surface area (Å²) in [5, 5.41) is 16.1. The average molecular weight is 725 g/mol. The summed E-state index contributed by atoms with van der Waals surface area (Å²) in [5.74, 6) is -3.96. The lowest BCUT2D eigenvalue weighted by molar-refractivity contribution is -0.147. The zero-order valence-electron chi connectivity index (χ0n) is 28.7. The van der Waals surface area contributed by atoms with Gasteiger partial charge >= 0.3 is 5.97 Å². The molecule has 274 valence electrons. The fourth-order valence-corrected chi connectivity index (χ4v) is 6.45. The molecule has 14 nitrogen and oxygen atoms in total. The molecule has 0 bridgehead atoms. The Morgan fingerprint density at radius 1 is 1.04 bits per heavy atom. The molecule has 1 saturated heterocycles. The number of aryl methyl sites for hydroxylation is 1. The van der Waals surface area contributed by atoms with Gasteiger partial charge in [-0.15, -0.1) is 11.6 Å². The molecule has 2 aromatic carbocycles. The van der Waals surface area contributed by atoms with Crippen LogP contribution in [0.2, 0.25) is 0 Å². The summed E-state index contributed by atoms with van der Waals surface area (Å²) in [7, 11) is 2.67. The number of likely N-dealkylation sites (N-methyl/N-ethyl adjacent to an activating group) is 1. The van der Waals surface area contributed by atoms with Crippen molar-refractivity contribution in [2.24, 2.45) is 5.73 Å². The topological polar surface area (TPSA) is 204 Å². The van der Waals surface area contributed by atoms with E-state index in [1.807, 2.05) is 30.5 Å². The molecule has 4 atom stereocenters. The Bertz CT molecular complexity index is 1710. The van der Waals surface area contributed by atoms with E-state index in [9.17, 15) is 33.9 Å². The van der Waals surface area contributed by atoms with Crippen molar-refractivity contribution < 1.29 is 38.6 Å². The first-order chi connectivity index (χ1) is 24.4. The molecule has 5 amide bonds. The molecule has 2 heterocycles. The number of para-hydroxylation sites is 1. The van der Waals surface area contributed by atoms with Crippen LogP contribution in [0.25, 0.3) is 10.9 Å². The van der Waals surface area contributed by atoms with Gasteiger partial charge in [-0.25, -0.2) is 0 Å². The molecule has 0 saturated carbocycles. The van der Waals surface area contributed by atoms with Crippen LogP contribution in [0.15, 0.2) is 54.7 Å². The lowest BCUT2D eigenvalue weighted by atomic mass is 9.97. The third-order valence-electron chi connectivity index (χ3n) is 9.21. The second-order valence-electron chi connectivity index (χ2n) is 12.6. The van der Waals surface area contributed by atoms with Crippen LogP contribution in [0, 0.1) is 0 Å². The maximum Gasteiger partial charge on any atom is 0.305 e. The quantitative estimate of drug-likeness (QED) is 0.109. The third-order valence-corrected chi connectivity index (χ3v) is 9.45. The molecule has 0 spiro atoms. The molecule has 1 aliphatic rings. The first-order valence-corrected chi connectivity index (χ1v) is 17.4. The number of amides is 5. The van der Waals surface area contributed by atoms with Crippen LogP contribution >= 0.6 is 11.6 Å². The van der Waals surface area contributed by atoms with Gasteiger partial charge < -0.3 is 41.0 Å². The van der Waals surface area contributed by atoms with E-state index < -0.39 is 65.6 Å². The number of piperidine rings is 1. The maximum absolute atomic E-state index is 14.2. The molecule has 0 unspecified atom stereocenters. The van der Waals surface area contributed by atoms with Gasteiger partial charge in [0.25, 0.3) is 0 Å². The molecule has 51 heavy (non-hydrogen) atoms. The van der Waals surface area contributed by atoms with Crippen LogP contribution in [-0.2, 0) is 46.3 Å². The van der Waals surface area contributed by atoms with Crippen LogP contribution in [0.1, 0.15) is 49.7 Å². The number of aromatic hydroxyl groups is 1. The van der Waals surface area contributed by atoms with Gasteiger partial charge in [-0.3, -0.25) is 28.8 Å². The Hall–Kier alpha value is -5.11. The average Bonchev–Trinajstić information content (AvgIpc) is 3.56. The number of aromatic nitrogens is 1. The predicted molar refractivity (Wildman–Crippen MR) is 189 cm³/mol. The molecular weight excluding hydrogens is 680 g/mol. The van der Waals surface area contributed by atoms with Crippen LogP contribution in [0.4, 0.5) is 0 Å². The van der Waals surface area contributed by atoms with Crippen LogP contribution in [0.3, 0.4) is 0 Å². The number of esters is 1. The summed E-state index contributed by atoms with van der Waals surface area (Å²) in [6.07, 6.45) is 3.80. The number of carbonyl (C=O) groups excluding carboxylic acids is 6. The summed E-state index contributed by atoms with van der Waals surface area (Å²) in [4.78, 5) is 84.7. The number of primary amides is 1. The second-order valence-corrected chi connectivity index (χ2v) is 12.9. The Morgan fingerprint density at radius 3 is 2.45 bits per heavy atom. The minimum Gasteiger partial charge on any atom is -0.508 e. The maximum atomic E-state index is 14.2. The number of nitrogens with one attached hydrogen (secondary N) is 3. The highest BCUT2D eigenvalue weighted by molar-refractivity contribution is 6.27. The number of nitrogens with two attached hydrogens (primary N) is 1. The molecule has 3 aromatic rings. The number of nitrogens with zero attached hydrogens (tertiary/aromatic N) is 2. The molecule has 4 rings (SSSR count). The number of ether oxygens (including phenoxy) is 1. The van der Waals surface area contributed by atoms with E-state index in [0.29, 0.717) is 31.2 Å². The number of methoxy groups -OCH3 is 1. The first kappa shape index (κ1) is 38.7. The van der Waals surface area contributed by atoms with Gasteiger partial charge in [0.05, 0.1) is 7.11 Å². The van der Waals surface area contributed by atoms with Gasteiger partial charge in [0.15, 0.2) is 0 Å². The highest BCUT2D eigenvalue weighted by atomic mass is 35.5. The van der Waals surface area contributed by atoms with E-state index in [1.165, 1.54) is 36.1 Å². The van der Waals surface area contributed by atoms with Crippen LogP contribution in [-0.4, -0.2) is 106 Å². The third kappa shape index (κ3) is 10.2. The van der Waals surface area contributed by atoms with Gasteiger partial charge in [-0.05, 0) is 67.9 Å². The number of likely N-dealkylation sites (tertiary alicyclic amines) is 1. The summed E-state index contributed by atoms with van der Waals surface area (Å²) in [6, 6.07) is 9.60. The number of fused-ring (bicyclic) bond motifs is 1. The Labute approximate surface area is 301 Å². The van der Waals surface area contributed by atoms with E-state index in [0.717, 1.165) is 16.5 Å². The molecule has 0 radical (unpaired) electrons. The Kier molecular flexibility index (Phi) is 13.8. The highest BCUT2D eigenvalue weighted by Gasteiger charge is 2.39. The summed E-state index contributed by atoms with van der Waals surface area (Å²) >= 11 is 5.69. The second kappa shape index (κ2) is 18.2. The van der Waals surface area contributed by atoms with E-state index >= 15 is 0 Å². The fraction of sp³-hybridized carbons (Fsp3) is 0.444. The zero-order chi connectivity index (χ0) is 37.1. The van der Waals surface area contributed by atoms with Crippen LogP contribution in [0.5, 0.6) is 5.75 Å². The van der Waals surface area contributed by atoms with E-state index in [1.54, 1.807) is 12.1 Å². The van der Waals surface area contributed by atoms with Crippen LogP contribution < -0.4 is 16.4 Å². The van der Waals surface area contributed by atoms with Gasteiger partial charge in [0, 0.05) is 43.5 Å². The molecule has 1 aromatic heterocycles. The Balaban J connectivity index is 1.59. The number of halogens is 1. The Morgan fingerprint density at radius 2 is 1.76 bits per heavy atom. The van der Waals surface area contributed by atoms with Crippen molar-refractivity contribution in [2.75, 3.05) is 26.6 Å². The van der Waals surface area contributed by atoms with E-state index in [-0.39, 0.29) is 38.0 Å². The number of aromatic amines is 1. The minimum atomic E-state index is -1.13. The minimum absolute atomic E-state index is 0.0466. The number of hydrogen-bond donors (Lipinski definition) is 5. The monoisotopic (exact) mass is 724 g/mol. The molecule has 15 heteroatoms. The summed E-state index contributed by atoms with van der Waals surface area (Å²) in [6.45, 7) is 0.215. The first-order valence-electron chi connectivity index (χ1n) is 16.8. The van der Waals surface area contributed by atoms with Gasteiger partial charge in [0.1, 0.15) is 35.8 Å². The number of hydrogen-bond acceptors (Lipinski definition) is 8. The predicted octanol–water partition coefficient (Wildman–Crippen LogP) is 1.90. The van der Waals surface area contributed by atoms with Gasteiger partial charge in [0.2, 0.25) is 29.5 Å². The molecule has 0 aliphatic carbocycles. The smallest absolute Gasteiger partial charge is 0.305 e. The van der Waals surface area contributed by atoms with Crippen molar-refractivity contribution in [3.05, 3.63) is 65.9 Å². The van der Waals surface area contributed by atoms with Crippen molar-refractivity contribution in [3.8, 4) is 5.75 Å². The number of rotatable bonds is 16. The normalized spacial score (nSPS) is 16.1. The number of phenols is 1. The van der Waals surface area contributed by atoms with Crippen molar-refractivity contribution in [3.63, 3.8) is 0 Å². The standard InChI is InChI=1S/C36H45ClN6O8/c1-42(30(33(38)47)19-22-10-13-24(44)14-11-22)35(49)27(15-12-23-21-39-26-8-4-3-7-25(23)26)41-34(48)29-9-5-6-18-43(29)36(50)28(40-31(45)20-37)16-17-32(46)51-2/h3-4,7-8,10-11,13-14,21,27-30,39,44H,5-6,9,12,15-20H2,1-2H3,(H2,38,47)(H,40,45)(H,41,48)/t27-,28-,29-,30-/m0/s1. The van der Waals surface area contributed by atoms with Gasteiger partial charge in [-0.1, -0.05) is 30.3 Å². The molecular formula is C36H45ClN6O8. The SMILES string of the molecule is COC(=O)CC[C@H](NC(=O)CCl)C(=O)N1CCCC[C@H]1C(=O)N[C@@H](CCc1c[nH]c2ccccc12)C(=O)N(C)[C@@H](Cc1ccc(O)cc1)C(N)=O. The lowest BCUT2D eigenvalue weighted by Crippen LogP contribution is -2.60. The molecule has 1 fully saturated rings. The summed E-state index contributed by atoms with van der Waals surface area (Å²) in [5.41, 5.74) is 8.28. The number of carbonyl (C=O) groups is 6. The molecule has 6 N–H and O–H groups in total. The largest absolute Gasteiger partial charge is 0.508 e. The van der Waals surface area contributed by atoms with Crippen molar-refractivity contribution >= 4 is 58.0 Å². The fourth-order valence-electron chi connectivity index (χ4n) is 6.37. The number of alkyl halides is 1. The number of H-pyrrole nitrogens is 1. The van der Waals surface area contributed by atoms with Gasteiger partial charge in [-0.2, -0.15) is 0 Å². The van der Waals surface area contributed by atoms with E-state index in [2.05, 4.69) is 15.6 Å². The van der Waals surface area contributed by atoms with Crippen molar-refractivity contribution in [1.29, 1.82) is 0 Å². The number of phenolic OH excluding ortho intramolecular Hbond substituents is 1. The summed E-state index contributed by atoms with van der Waals surface area (Å²) < 4.78 is 4.70. The molecule has 1 aliphatic heterocycles. The van der Waals surface area contributed by atoms with E-state index in [4.69, 9.17) is 22.1 Å². The highest BCUT2D eigenvalue weighted by Crippen LogP contribution is 2.23. The van der Waals surface area contributed by atoms with Crippen molar-refractivity contribution in [1.82, 2.24) is 25.4 Å². The van der Waals surface area contributed by atoms with Crippen molar-refractivity contribution in [2.45, 2.75) is 75.5 Å². The lowest BCUT2D eigenvalue weighted by Gasteiger charge is -2.38. The number of benzene rings is 2. The zero-order valence-corrected chi connectivity index (χ0v) is 29.5.